The summed E-state index contributed by atoms with van der Waals surface area (Å²) in [6.07, 6.45) is 7.69. The molecule has 1 saturated carbocycles. The Hall–Kier alpha value is -1.35. The van der Waals surface area contributed by atoms with Crippen molar-refractivity contribution < 1.29 is 9.53 Å². The minimum Gasteiger partial charge on any atom is -0.378 e. The quantitative estimate of drug-likeness (QED) is 0.810. The lowest BCUT2D eigenvalue weighted by Crippen LogP contribution is -2.26. The topological polar surface area (TPSA) is 38.3 Å². The molecule has 0 unspecified atom stereocenters. The van der Waals surface area contributed by atoms with Crippen LogP contribution in [0.3, 0.4) is 0 Å². The van der Waals surface area contributed by atoms with Crippen LogP contribution in [-0.2, 0) is 4.74 Å². The lowest BCUT2D eigenvalue weighted by atomic mass is 9.98. The molecular weight excluding hydrogens is 262 g/mol. The first-order valence-corrected chi connectivity index (χ1v) is 8.14. The van der Waals surface area contributed by atoms with Crippen LogP contribution >= 0.6 is 0 Å². The van der Waals surface area contributed by atoms with Crippen LogP contribution in [0.4, 0.5) is 0 Å². The molecule has 0 aromatic heterocycles. The smallest absolute Gasteiger partial charge is 0.251 e. The summed E-state index contributed by atoms with van der Waals surface area (Å²) in [5, 5.41) is 2.98. The van der Waals surface area contributed by atoms with Gasteiger partial charge in [-0.1, -0.05) is 37.0 Å². The number of amides is 1. The van der Waals surface area contributed by atoms with Gasteiger partial charge >= 0.3 is 0 Å². The molecule has 2 rings (SSSR count). The molecule has 1 aliphatic rings. The summed E-state index contributed by atoms with van der Waals surface area (Å²) in [6.45, 7) is 5.45. The van der Waals surface area contributed by atoms with E-state index >= 15 is 0 Å². The fraction of sp³-hybridized carbons (Fsp3) is 0.611. The minimum atomic E-state index is 0.0187. The Morgan fingerprint density at radius 3 is 2.71 bits per heavy atom. The highest BCUT2D eigenvalue weighted by Gasteiger charge is 2.13. The van der Waals surface area contributed by atoms with Gasteiger partial charge in [-0.15, -0.1) is 0 Å². The maximum absolute atomic E-state index is 12.1. The normalized spacial score (nSPS) is 15.9. The molecule has 1 amide bonds. The summed E-state index contributed by atoms with van der Waals surface area (Å²) in [5.41, 5.74) is 2.99. The van der Waals surface area contributed by atoms with Gasteiger partial charge < -0.3 is 10.1 Å². The fourth-order valence-electron chi connectivity index (χ4n) is 2.92. The summed E-state index contributed by atoms with van der Waals surface area (Å²) >= 11 is 0. The molecule has 1 N–H and O–H groups in total. The number of carbonyl (C=O) groups excluding carboxylic acids is 1. The van der Waals surface area contributed by atoms with Crippen molar-refractivity contribution in [2.24, 2.45) is 0 Å². The van der Waals surface area contributed by atoms with Crippen molar-refractivity contribution in [3.63, 3.8) is 0 Å². The second-order valence-electron chi connectivity index (χ2n) is 6.06. The molecule has 1 aromatic rings. The number of hydrogen-bond donors (Lipinski definition) is 1. The van der Waals surface area contributed by atoms with Crippen molar-refractivity contribution in [3.8, 4) is 0 Å². The molecule has 0 bridgehead atoms. The van der Waals surface area contributed by atoms with Crippen LogP contribution in [0.15, 0.2) is 18.2 Å². The molecule has 0 spiro atoms. The Morgan fingerprint density at radius 2 is 2.00 bits per heavy atom. The molecule has 21 heavy (non-hydrogen) atoms. The van der Waals surface area contributed by atoms with Crippen molar-refractivity contribution >= 4 is 5.91 Å². The van der Waals surface area contributed by atoms with E-state index in [9.17, 15) is 4.79 Å². The summed E-state index contributed by atoms with van der Waals surface area (Å²) in [5.74, 6) is 0.0187. The van der Waals surface area contributed by atoms with Gasteiger partial charge in [-0.05, 0) is 44.7 Å². The van der Waals surface area contributed by atoms with Gasteiger partial charge in [0.1, 0.15) is 0 Å². The third kappa shape index (κ3) is 5.16. The Kier molecular flexibility index (Phi) is 6.24. The van der Waals surface area contributed by atoms with E-state index in [1.807, 2.05) is 32.0 Å². The Bertz CT molecular complexity index is 464. The number of ether oxygens (including phenoxy) is 1. The van der Waals surface area contributed by atoms with Crippen LogP contribution in [-0.4, -0.2) is 25.2 Å². The third-order valence-electron chi connectivity index (χ3n) is 4.14. The van der Waals surface area contributed by atoms with Crippen LogP contribution in [0, 0.1) is 13.8 Å². The predicted molar refractivity (Wildman–Crippen MR) is 85.7 cm³/mol. The van der Waals surface area contributed by atoms with Gasteiger partial charge in [-0.25, -0.2) is 0 Å². The largest absolute Gasteiger partial charge is 0.378 e. The van der Waals surface area contributed by atoms with Crippen LogP contribution in [0.5, 0.6) is 0 Å². The van der Waals surface area contributed by atoms with Crippen LogP contribution in [0.25, 0.3) is 0 Å². The van der Waals surface area contributed by atoms with Crippen molar-refractivity contribution in [1.29, 1.82) is 0 Å². The first kappa shape index (κ1) is 16.0. The van der Waals surface area contributed by atoms with E-state index in [0.29, 0.717) is 12.6 Å². The van der Waals surface area contributed by atoms with E-state index in [0.717, 1.165) is 24.2 Å². The summed E-state index contributed by atoms with van der Waals surface area (Å²) in [4.78, 5) is 12.1. The highest BCUT2D eigenvalue weighted by Crippen LogP contribution is 2.20. The molecule has 3 heteroatoms. The maximum atomic E-state index is 12.1. The van der Waals surface area contributed by atoms with Gasteiger partial charge in [-0.2, -0.15) is 0 Å². The number of carbonyl (C=O) groups is 1. The van der Waals surface area contributed by atoms with Crippen LogP contribution < -0.4 is 5.32 Å². The second-order valence-corrected chi connectivity index (χ2v) is 6.06. The Morgan fingerprint density at radius 1 is 1.24 bits per heavy atom. The van der Waals surface area contributed by atoms with E-state index in [1.54, 1.807) is 0 Å². The number of rotatable bonds is 6. The third-order valence-corrected chi connectivity index (χ3v) is 4.14. The summed E-state index contributed by atoms with van der Waals surface area (Å²) in [6, 6.07) is 5.92. The van der Waals surface area contributed by atoms with E-state index in [-0.39, 0.29) is 5.91 Å². The van der Waals surface area contributed by atoms with Gasteiger partial charge in [0.2, 0.25) is 0 Å². The van der Waals surface area contributed by atoms with E-state index < -0.39 is 0 Å². The van der Waals surface area contributed by atoms with Gasteiger partial charge in [0.15, 0.2) is 0 Å². The maximum Gasteiger partial charge on any atom is 0.251 e. The fourth-order valence-corrected chi connectivity index (χ4v) is 2.92. The van der Waals surface area contributed by atoms with E-state index in [4.69, 9.17) is 4.74 Å². The van der Waals surface area contributed by atoms with Crippen molar-refractivity contribution in [2.75, 3.05) is 13.2 Å². The van der Waals surface area contributed by atoms with Crippen molar-refractivity contribution in [2.45, 2.75) is 58.5 Å². The first-order chi connectivity index (χ1) is 10.2. The van der Waals surface area contributed by atoms with Gasteiger partial charge in [-0.3, -0.25) is 4.79 Å². The Labute approximate surface area is 128 Å². The zero-order chi connectivity index (χ0) is 15.1. The summed E-state index contributed by atoms with van der Waals surface area (Å²) in [7, 11) is 0. The molecule has 0 heterocycles. The molecule has 0 saturated heterocycles. The average Bonchev–Trinajstić information content (AvgIpc) is 2.47. The summed E-state index contributed by atoms with van der Waals surface area (Å²) < 4.78 is 5.86. The monoisotopic (exact) mass is 289 g/mol. The number of hydrogen-bond acceptors (Lipinski definition) is 2. The lowest BCUT2D eigenvalue weighted by Gasteiger charge is -2.21. The molecule has 1 aliphatic carbocycles. The SMILES string of the molecule is Cc1ccc(C(=O)NCCCOC2CCCCC2)c(C)c1. The molecular formula is C18H27NO2. The molecule has 0 radical (unpaired) electrons. The molecule has 3 nitrogen and oxygen atoms in total. The number of benzene rings is 1. The molecule has 1 fully saturated rings. The second kappa shape index (κ2) is 8.18. The standard InChI is InChI=1S/C18H27NO2/c1-14-9-10-17(15(2)13-14)18(20)19-11-6-12-21-16-7-4-3-5-8-16/h9-10,13,16H,3-8,11-12H2,1-2H3,(H,19,20). The van der Waals surface area contributed by atoms with Crippen LogP contribution in [0.2, 0.25) is 0 Å². The van der Waals surface area contributed by atoms with E-state index in [1.165, 1.54) is 37.7 Å². The van der Waals surface area contributed by atoms with Gasteiger partial charge in [0.25, 0.3) is 5.91 Å². The zero-order valence-corrected chi connectivity index (χ0v) is 13.3. The highest BCUT2D eigenvalue weighted by atomic mass is 16.5. The number of aryl methyl sites for hydroxylation is 2. The Balaban J connectivity index is 1.64. The molecule has 0 atom stereocenters. The van der Waals surface area contributed by atoms with Gasteiger partial charge in [0.05, 0.1) is 6.10 Å². The highest BCUT2D eigenvalue weighted by molar-refractivity contribution is 5.95. The average molecular weight is 289 g/mol. The zero-order valence-electron chi connectivity index (χ0n) is 13.3. The van der Waals surface area contributed by atoms with E-state index in [2.05, 4.69) is 5.32 Å². The first-order valence-electron chi connectivity index (χ1n) is 8.14. The van der Waals surface area contributed by atoms with Crippen LogP contribution in [0.1, 0.15) is 60.0 Å². The van der Waals surface area contributed by atoms with Crippen molar-refractivity contribution in [3.05, 3.63) is 34.9 Å². The predicted octanol–water partition coefficient (Wildman–Crippen LogP) is 3.77. The lowest BCUT2D eigenvalue weighted by molar-refractivity contribution is 0.0273. The van der Waals surface area contributed by atoms with Crippen molar-refractivity contribution in [1.82, 2.24) is 5.32 Å². The molecule has 116 valence electrons. The number of nitrogens with one attached hydrogen (secondary N) is 1. The molecule has 1 aromatic carbocycles. The molecule has 0 aliphatic heterocycles. The minimum absolute atomic E-state index is 0.0187. The van der Waals surface area contributed by atoms with Gasteiger partial charge in [0, 0.05) is 18.7 Å².